The average molecular weight is 401 g/mol. The zero-order chi connectivity index (χ0) is 18.7. The molecule has 1 amide bonds. The molecule has 2 fully saturated rings. The molecule has 2 aliphatic rings. The second-order valence-electron chi connectivity index (χ2n) is 6.76. The first-order valence-corrected chi connectivity index (χ1v) is 11.0. The summed E-state index contributed by atoms with van der Waals surface area (Å²) >= 11 is 6.15. The Labute approximate surface area is 160 Å². The molecule has 2 heterocycles. The highest BCUT2D eigenvalue weighted by atomic mass is 35.5. The van der Waals surface area contributed by atoms with Crippen LogP contribution in [-0.2, 0) is 14.8 Å². The summed E-state index contributed by atoms with van der Waals surface area (Å²) in [6.07, 6.45) is 3.50. The smallest absolute Gasteiger partial charge is 0.243 e. The molecule has 0 aromatic heterocycles. The first kappa shape index (κ1) is 19.5. The molecule has 2 saturated heterocycles. The Morgan fingerprint density at radius 1 is 1.23 bits per heavy atom. The lowest BCUT2D eigenvalue weighted by Crippen LogP contribution is -2.46. The number of benzene rings is 1. The molecule has 0 radical (unpaired) electrons. The van der Waals surface area contributed by atoms with Gasteiger partial charge in [0, 0.05) is 26.2 Å². The Morgan fingerprint density at radius 2 is 1.96 bits per heavy atom. The fourth-order valence-corrected chi connectivity index (χ4v) is 5.47. The number of rotatable bonds is 5. The van der Waals surface area contributed by atoms with E-state index in [1.807, 2.05) is 11.8 Å². The van der Waals surface area contributed by atoms with Crippen LogP contribution in [0, 0.1) is 5.92 Å². The zero-order valence-corrected chi connectivity index (χ0v) is 16.6. The molecule has 26 heavy (non-hydrogen) atoms. The van der Waals surface area contributed by atoms with Crippen LogP contribution >= 0.6 is 11.6 Å². The van der Waals surface area contributed by atoms with Gasteiger partial charge < -0.3 is 9.64 Å². The van der Waals surface area contributed by atoms with Crippen LogP contribution in [0.1, 0.15) is 32.6 Å². The van der Waals surface area contributed by atoms with Gasteiger partial charge in [-0.05, 0) is 50.8 Å². The quantitative estimate of drug-likeness (QED) is 0.762. The molecule has 0 N–H and O–H groups in total. The van der Waals surface area contributed by atoms with Crippen LogP contribution in [0.3, 0.4) is 0 Å². The van der Waals surface area contributed by atoms with Gasteiger partial charge in [0.25, 0.3) is 0 Å². The first-order chi connectivity index (χ1) is 12.4. The van der Waals surface area contributed by atoms with Crippen LogP contribution in [0.15, 0.2) is 23.1 Å². The molecule has 1 atom stereocenters. The predicted molar refractivity (Wildman–Crippen MR) is 99.9 cm³/mol. The van der Waals surface area contributed by atoms with E-state index < -0.39 is 10.0 Å². The van der Waals surface area contributed by atoms with Gasteiger partial charge in [-0.2, -0.15) is 4.31 Å². The van der Waals surface area contributed by atoms with E-state index in [0.29, 0.717) is 25.3 Å². The van der Waals surface area contributed by atoms with Crippen molar-refractivity contribution in [2.75, 3.05) is 32.8 Å². The summed E-state index contributed by atoms with van der Waals surface area (Å²) in [5.74, 6) is 0.302. The molecular weight excluding hydrogens is 376 g/mol. The molecule has 0 bridgehead atoms. The normalized spacial score (nSPS) is 21.8. The van der Waals surface area contributed by atoms with E-state index in [1.165, 1.54) is 16.4 Å². The number of sulfonamides is 1. The number of ether oxygens (including phenoxy) is 1. The van der Waals surface area contributed by atoms with Crippen molar-refractivity contribution >= 4 is 27.5 Å². The summed E-state index contributed by atoms with van der Waals surface area (Å²) in [7, 11) is -3.68. The van der Waals surface area contributed by atoms with Crippen molar-refractivity contribution in [1.82, 2.24) is 9.21 Å². The molecule has 0 spiro atoms. The topological polar surface area (TPSA) is 66.9 Å². The third-order valence-electron chi connectivity index (χ3n) is 4.99. The van der Waals surface area contributed by atoms with Gasteiger partial charge in [0.05, 0.1) is 22.4 Å². The predicted octanol–water partition coefficient (Wildman–Crippen LogP) is 2.76. The minimum Gasteiger partial charge on any atom is -0.492 e. The van der Waals surface area contributed by atoms with Gasteiger partial charge >= 0.3 is 0 Å². The van der Waals surface area contributed by atoms with Crippen molar-refractivity contribution in [2.24, 2.45) is 5.92 Å². The highest BCUT2D eigenvalue weighted by Crippen LogP contribution is 2.31. The van der Waals surface area contributed by atoms with E-state index in [9.17, 15) is 13.2 Å². The fourth-order valence-electron chi connectivity index (χ4n) is 3.62. The summed E-state index contributed by atoms with van der Waals surface area (Å²) < 4.78 is 32.8. The van der Waals surface area contributed by atoms with Crippen molar-refractivity contribution in [3.05, 3.63) is 23.2 Å². The van der Waals surface area contributed by atoms with E-state index in [1.54, 1.807) is 6.07 Å². The number of piperidine rings is 1. The Morgan fingerprint density at radius 3 is 2.62 bits per heavy atom. The SMILES string of the molecule is CCOc1ccc(S(=O)(=O)N2CCC[C@H](C(=O)N3CCCC3)C2)cc1Cl. The van der Waals surface area contributed by atoms with Gasteiger partial charge in [0.2, 0.25) is 15.9 Å². The number of nitrogens with zero attached hydrogens (tertiary/aromatic N) is 2. The van der Waals surface area contributed by atoms with Crippen molar-refractivity contribution in [1.29, 1.82) is 0 Å². The van der Waals surface area contributed by atoms with Gasteiger partial charge in [0.15, 0.2) is 0 Å². The van der Waals surface area contributed by atoms with Gasteiger partial charge in [-0.25, -0.2) is 8.42 Å². The number of carbonyl (C=O) groups excluding carboxylic acids is 1. The van der Waals surface area contributed by atoms with Gasteiger partial charge in [-0.1, -0.05) is 11.6 Å². The zero-order valence-electron chi connectivity index (χ0n) is 15.0. The molecule has 0 unspecified atom stereocenters. The number of amides is 1. The van der Waals surface area contributed by atoms with Gasteiger partial charge in [-0.15, -0.1) is 0 Å². The molecule has 2 aliphatic heterocycles. The van der Waals surface area contributed by atoms with Crippen molar-refractivity contribution < 1.29 is 17.9 Å². The molecule has 1 aromatic rings. The largest absolute Gasteiger partial charge is 0.492 e. The van der Waals surface area contributed by atoms with Crippen LogP contribution in [0.25, 0.3) is 0 Å². The highest BCUT2D eigenvalue weighted by Gasteiger charge is 2.35. The molecule has 0 saturated carbocycles. The molecular formula is C18H25ClN2O4S. The molecule has 6 nitrogen and oxygen atoms in total. The van der Waals surface area contributed by atoms with E-state index in [2.05, 4.69) is 0 Å². The average Bonchev–Trinajstić information content (AvgIpc) is 3.17. The second-order valence-corrected chi connectivity index (χ2v) is 9.10. The maximum absolute atomic E-state index is 13.0. The van der Waals surface area contributed by atoms with E-state index in [-0.39, 0.29) is 28.3 Å². The maximum atomic E-state index is 13.0. The van der Waals surface area contributed by atoms with Crippen LogP contribution in [-0.4, -0.2) is 56.3 Å². The van der Waals surface area contributed by atoms with E-state index >= 15 is 0 Å². The van der Waals surface area contributed by atoms with Crippen LogP contribution in [0.5, 0.6) is 5.75 Å². The summed E-state index contributed by atoms with van der Waals surface area (Å²) in [6.45, 7) is 4.54. The Hall–Kier alpha value is -1.31. The minimum atomic E-state index is -3.68. The van der Waals surface area contributed by atoms with Gasteiger partial charge in [0.1, 0.15) is 5.75 Å². The monoisotopic (exact) mass is 400 g/mol. The first-order valence-electron chi connectivity index (χ1n) is 9.14. The van der Waals surface area contributed by atoms with Crippen molar-refractivity contribution in [3.8, 4) is 5.75 Å². The standard InChI is InChI=1S/C18H25ClN2O4S/c1-2-25-17-8-7-15(12-16(17)19)26(23,24)21-11-5-6-14(13-21)18(22)20-9-3-4-10-20/h7-8,12,14H,2-6,9-11,13H2,1H3/t14-/m0/s1. The number of halogens is 1. The van der Waals surface area contributed by atoms with Crippen LogP contribution in [0.2, 0.25) is 5.02 Å². The third kappa shape index (κ3) is 4.00. The summed E-state index contributed by atoms with van der Waals surface area (Å²) in [6, 6.07) is 4.52. The highest BCUT2D eigenvalue weighted by molar-refractivity contribution is 7.89. The molecule has 3 rings (SSSR count). The second kappa shape index (κ2) is 8.15. The molecule has 144 valence electrons. The van der Waals surface area contributed by atoms with Crippen LogP contribution in [0.4, 0.5) is 0 Å². The third-order valence-corrected chi connectivity index (χ3v) is 7.15. The molecule has 1 aromatic carbocycles. The number of likely N-dealkylation sites (tertiary alicyclic amines) is 1. The Balaban J connectivity index is 1.76. The number of hydrogen-bond donors (Lipinski definition) is 0. The van der Waals surface area contributed by atoms with Crippen molar-refractivity contribution in [2.45, 2.75) is 37.5 Å². The number of hydrogen-bond acceptors (Lipinski definition) is 4. The lowest BCUT2D eigenvalue weighted by Gasteiger charge is -2.33. The fraction of sp³-hybridized carbons (Fsp3) is 0.611. The van der Waals surface area contributed by atoms with Crippen LogP contribution < -0.4 is 4.74 Å². The minimum absolute atomic E-state index is 0.0899. The lowest BCUT2D eigenvalue weighted by molar-refractivity contribution is -0.135. The summed E-state index contributed by atoms with van der Waals surface area (Å²) in [4.78, 5) is 14.7. The maximum Gasteiger partial charge on any atom is 0.243 e. The summed E-state index contributed by atoms with van der Waals surface area (Å²) in [5.41, 5.74) is 0. The lowest BCUT2D eigenvalue weighted by atomic mass is 9.98. The number of carbonyl (C=O) groups is 1. The van der Waals surface area contributed by atoms with E-state index in [0.717, 1.165) is 32.4 Å². The summed E-state index contributed by atoms with van der Waals surface area (Å²) in [5, 5.41) is 0.273. The van der Waals surface area contributed by atoms with Gasteiger partial charge in [-0.3, -0.25) is 4.79 Å². The Bertz CT molecular complexity index is 762. The van der Waals surface area contributed by atoms with E-state index in [4.69, 9.17) is 16.3 Å². The Kier molecular flexibility index (Phi) is 6.10. The molecule has 8 heteroatoms. The molecule has 0 aliphatic carbocycles. The van der Waals surface area contributed by atoms with Crippen molar-refractivity contribution in [3.63, 3.8) is 0 Å².